The summed E-state index contributed by atoms with van der Waals surface area (Å²) in [7, 11) is -3.39. The van der Waals surface area contributed by atoms with Crippen LogP contribution in [0.4, 0.5) is 0 Å². The Morgan fingerprint density at radius 3 is 2.75 bits per heavy atom. The average Bonchev–Trinajstić information content (AvgIpc) is 3.11. The van der Waals surface area contributed by atoms with Crippen molar-refractivity contribution in [1.29, 1.82) is 0 Å². The van der Waals surface area contributed by atoms with Crippen molar-refractivity contribution in [2.45, 2.75) is 56.6 Å². The molecule has 0 aromatic heterocycles. The zero-order chi connectivity index (χ0) is 14.2. The SMILES string of the molecule is CCC(CC1CC1)NS(=O)(=O)c1ccc2c(c1)CNC2. The smallest absolute Gasteiger partial charge is 0.240 e. The molecule has 0 amide bonds. The number of nitrogens with one attached hydrogen (secondary N) is 2. The Kier molecular flexibility index (Phi) is 3.84. The summed E-state index contributed by atoms with van der Waals surface area (Å²) in [6.07, 6.45) is 4.33. The second-order valence-electron chi connectivity index (χ2n) is 5.94. The van der Waals surface area contributed by atoms with Crippen molar-refractivity contribution in [1.82, 2.24) is 10.0 Å². The quantitative estimate of drug-likeness (QED) is 0.845. The van der Waals surface area contributed by atoms with Crippen molar-refractivity contribution in [3.63, 3.8) is 0 Å². The molecule has 110 valence electrons. The zero-order valence-corrected chi connectivity index (χ0v) is 12.7. The summed E-state index contributed by atoms with van der Waals surface area (Å²) < 4.78 is 27.8. The molecule has 2 aliphatic rings. The molecule has 0 radical (unpaired) electrons. The molecule has 0 saturated heterocycles. The van der Waals surface area contributed by atoms with E-state index in [1.165, 1.54) is 18.4 Å². The Labute approximate surface area is 121 Å². The van der Waals surface area contributed by atoms with Crippen LogP contribution in [0.15, 0.2) is 23.1 Å². The van der Waals surface area contributed by atoms with Crippen LogP contribution >= 0.6 is 0 Å². The summed E-state index contributed by atoms with van der Waals surface area (Å²) in [4.78, 5) is 0.397. The molecular weight excluding hydrogens is 272 g/mol. The molecule has 1 unspecified atom stereocenters. The fourth-order valence-corrected chi connectivity index (χ4v) is 4.16. The molecule has 0 bridgehead atoms. The standard InChI is InChI=1S/C15H22N2O2S/c1-2-14(7-11-3-4-11)17-20(18,19)15-6-5-12-9-16-10-13(12)8-15/h5-6,8,11,14,16-17H,2-4,7,9-10H2,1H3. The summed E-state index contributed by atoms with van der Waals surface area (Å²) in [5.74, 6) is 0.729. The van der Waals surface area contributed by atoms with Gasteiger partial charge in [-0.05, 0) is 42.0 Å². The molecule has 1 heterocycles. The highest BCUT2D eigenvalue weighted by atomic mass is 32.2. The van der Waals surface area contributed by atoms with Gasteiger partial charge in [-0.3, -0.25) is 0 Å². The number of hydrogen-bond donors (Lipinski definition) is 2. The number of fused-ring (bicyclic) bond motifs is 1. The van der Waals surface area contributed by atoms with Gasteiger partial charge in [0.25, 0.3) is 0 Å². The van der Waals surface area contributed by atoms with E-state index in [4.69, 9.17) is 0 Å². The fourth-order valence-electron chi connectivity index (χ4n) is 2.78. The van der Waals surface area contributed by atoms with Gasteiger partial charge in [0.15, 0.2) is 0 Å². The van der Waals surface area contributed by atoms with Gasteiger partial charge >= 0.3 is 0 Å². The minimum Gasteiger partial charge on any atom is -0.309 e. The van der Waals surface area contributed by atoms with Gasteiger partial charge in [-0.2, -0.15) is 0 Å². The molecular formula is C15H22N2O2S. The van der Waals surface area contributed by atoms with E-state index in [0.29, 0.717) is 4.90 Å². The number of hydrogen-bond acceptors (Lipinski definition) is 3. The Bertz CT molecular complexity index is 594. The zero-order valence-electron chi connectivity index (χ0n) is 11.9. The normalized spacial score (nSPS) is 19.9. The molecule has 0 spiro atoms. The lowest BCUT2D eigenvalue weighted by Crippen LogP contribution is -2.34. The van der Waals surface area contributed by atoms with E-state index in [1.807, 2.05) is 19.1 Å². The molecule has 1 saturated carbocycles. The van der Waals surface area contributed by atoms with Crippen molar-refractivity contribution in [3.8, 4) is 0 Å². The van der Waals surface area contributed by atoms with Crippen LogP contribution in [0, 0.1) is 5.92 Å². The van der Waals surface area contributed by atoms with Crippen LogP contribution in [0.3, 0.4) is 0 Å². The summed E-state index contributed by atoms with van der Waals surface area (Å²) in [5, 5.41) is 3.24. The first-order valence-corrected chi connectivity index (χ1v) is 8.91. The molecule has 5 heteroatoms. The molecule has 1 aliphatic carbocycles. The average molecular weight is 294 g/mol. The second kappa shape index (κ2) is 5.47. The first-order chi connectivity index (χ1) is 9.58. The van der Waals surface area contributed by atoms with Gasteiger partial charge in [0, 0.05) is 19.1 Å². The van der Waals surface area contributed by atoms with Crippen LogP contribution in [0.1, 0.15) is 43.7 Å². The maximum Gasteiger partial charge on any atom is 0.240 e. The highest BCUT2D eigenvalue weighted by Gasteiger charge is 2.28. The van der Waals surface area contributed by atoms with Gasteiger partial charge in [-0.1, -0.05) is 25.8 Å². The first-order valence-electron chi connectivity index (χ1n) is 7.43. The predicted molar refractivity (Wildman–Crippen MR) is 78.7 cm³/mol. The maximum atomic E-state index is 12.5. The van der Waals surface area contributed by atoms with Crippen molar-refractivity contribution in [2.24, 2.45) is 5.92 Å². The Morgan fingerprint density at radius 2 is 2.05 bits per heavy atom. The Hall–Kier alpha value is -0.910. The van der Waals surface area contributed by atoms with Gasteiger partial charge in [-0.15, -0.1) is 0 Å². The molecule has 1 atom stereocenters. The topological polar surface area (TPSA) is 58.2 Å². The van der Waals surface area contributed by atoms with Crippen molar-refractivity contribution < 1.29 is 8.42 Å². The van der Waals surface area contributed by atoms with E-state index in [1.54, 1.807) is 6.07 Å². The molecule has 2 N–H and O–H groups in total. The molecule has 1 aromatic carbocycles. The largest absolute Gasteiger partial charge is 0.309 e. The van der Waals surface area contributed by atoms with E-state index in [2.05, 4.69) is 10.0 Å². The molecule has 4 nitrogen and oxygen atoms in total. The summed E-state index contributed by atoms with van der Waals surface area (Å²) in [6.45, 7) is 3.64. The van der Waals surface area contributed by atoms with Crippen molar-refractivity contribution in [3.05, 3.63) is 29.3 Å². The van der Waals surface area contributed by atoms with Gasteiger partial charge in [0.1, 0.15) is 0 Å². The summed E-state index contributed by atoms with van der Waals surface area (Å²) in [5.41, 5.74) is 2.30. The van der Waals surface area contributed by atoms with Crippen LogP contribution < -0.4 is 10.0 Å². The third-order valence-corrected chi connectivity index (χ3v) is 5.77. The van der Waals surface area contributed by atoms with E-state index in [9.17, 15) is 8.42 Å². The first kappa shape index (κ1) is 14.0. The van der Waals surface area contributed by atoms with Gasteiger partial charge in [0.2, 0.25) is 10.0 Å². The molecule has 1 fully saturated rings. The fraction of sp³-hybridized carbons (Fsp3) is 0.600. The number of rotatable bonds is 6. The van der Waals surface area contributed by atoms with Crippen LogP contribution in [-0.4, -0.2) is 14.5 Å². The third kappa shape index (κ3) is 3.05. The maximum absolute atomic E-state index is 12.5. The van der Waals surface area contributed by atoms with Crippen LogP contribution in [0.5, 0.6) is 0 Å². The molecule has 3 rings (SSSR count). The van der Waals surface area contributed by atoms with Crippen LogP contribution in [-0.2, 0) is 23.1 Å². The van der Waals surface area contributed by atoms with Crippen molar-refractivity contribution in [2.75, 3.05) is 0 Å². The number of sulfonamides is 1. The van der Waals surface area contributed by atoms with E-state index in [-0.39, 0.29) is 6.04 Å². The third-order valence-electron chi connectivity index (χ3n) is 4.25. The second-order valence-corrected chi connectivity index (χ2v) is 7.65. The minimum absolute atomic E-state index is 0.0684. The van der Waals surface area contributed by atoms with E-state index >= 15 is 0 Å². The van der Waals surface area contributed by atoms with E-state index in [0.717, 1.165) is 37.4 Å². The Morgan fingerprint density at radius 1 is 1.30 bits per heavy atom. The summed E-state index contributed by atoms with van der Waals surface area (Å²) in [6, 6.07) is 5.52. The monoisotopic (exact) mass is 294 g/mol. The van der Waals surface area contributed by atoms with Gasteiger partial charge < -0.3 is 5.32 Å². The highest BCUT2D eigenvalue weighted by Crippen LogP contribution is 2.34. The molecule has 1 aromatic rings. The Balaban J connectivity index is 1.76. The van der Waals surface area contributed by atoms with Crippen molar-refractivity contribution >= 4 is 10.0 Å². The predicted octanol–water partition coefficient (Wildman–Crippen LogP) is 2.15. The van der Waals surface area contributed by atoms with Crippen LogP contribution in [0.25, 0.3) is 0 Å². The van der Waals surface area contributed by atoms with E-state index < -0.39 is 10.0 Å². The van der Waals surface area contributed by atoms with Gasteiger partial charge in [0.05, 0.1) is 4.90 Å². The minimum atomic E-state index is -3.39. The molecule has 1 aliphatic heterocycles. The lowest BCUT2D eigenvalue weighted by atomic mass is 10.1. The summed E-state index contributed by atoms with van der Waals surface area (Å²) >= 11 is 0. The molecule has 20 heavy (non-hydrogen) atoms. The van der Waals surface area contributed by atoms with Gasteiger partial charge in [-0.25, -0.2) is 13.1 Å². The lowest BCUT2D eigenvalue weighted by molar-refractivity contribution is 0.495. The highest BCUT2D eigenvalue weighted by molar-refractivity contribution is 7.89. The van der Waals surface area contributed by atoms with Crippen LogP contribution in [0.2, 0.25) is 0 Å². The number of benzene rings is 1. The lowest BCUT2D eigenvalue weighted by Gasteiger charge is -2.17.